The van der Waals surface area contributed by atoms with Crippen molar-refractivity contribution in [3.8, 4) is 11.3 Å². The van der Waals surface area contributed by atoms with Crippen LogP contribution in [0.1, 0.15) is 30.2 Å². The molecule has 0 atom stereocenters. The van der Waals surface area contributed by atoms with Crippen molar-refractivity contribution in [3.05, 3.63) is 52.8 Å². The van der Waals surface area contributed by atoms with E-state index in [9.17, 15) is 31.1 Å². The van der Waals surface area contributed by atoms with Crippen molar-refractivity contribution in [2.24, 2.45) is 0 Å². The van der Waals surface area contributed by atoms with Gasteiger partial charge in [0.2, 0.25) is 0 Å². The average molecular weight is 378 g/mol. The Balaban J connectivity index is 2.54. The van der Waals surface area contributed by atoms with Crippen LogP contribution in [-0.4, -0.2) is 11.1 Å². The van der Waals surface area contributed by atoms with Crippen LogP contribution in [0.2, 0.25) is 0 Å². The van der Waals surface area contributed by atoms with Gasteiger partial charge in [0.05, 0.1) is 11.1 Å². The van der Waals surface area contributed by atoms with Crippen molar-refractivity contribution in [2.45, 2.75) is 25.7 Å². The third-order valence-electron chi connectivity index (χ3n) is 3.47. The Morgan fingerprint density at radius 2 is 1.58 bits per heavy atom. The quantitative estimate of drug-likeness (QED) is 0.535. The molecule has 3 nitrogen and oxygen atoms in total. The Labute approximate surface area is 143 Å². The van der Waals surface area contributed by atoms with Gasteiger partial charge in [-0.3, -0.25) is 0 Å². The number of benzene rings is 1. The van der Waals surface area contributed by atoms with E-state index in [-0.39, 0.29) is 29.6 Å². The summed E-state index contributed by atoms with van der Waals surface area (Å²) in [5.41, 5.74) is -3.36. The van der Waals surface area contributed by atoms with Crippen LogP contribution in [0.25, 0.3) is 17.4 Å². The Bertz CT molecular complexity index is 811. The van der Waals surface area contributed by atoms with Crippen LogP contribution in [0.5, 0.6) is 0 Å². The van der Waals surface area contributed by atoms with E-state index >= 15 is 0 Å². The summed E-state index contributed by atoms with van der Waals surface area (Å²) in [6.07, 6.45) is -8.62. The molecule has 0 saturated carbocycles. The standard InChI is InChI=1S/C17H12F6O3/c1-2-9(15(24)25)7-13-3-4-14(26-13)10-5-11(16(18,19)20)8-12(6-10)17(21,22)23/h3-8H,2H2,1H3,(H,24,25). The molecular weight excluding hydrogens is 366 g/mol. The highest BCUT2D eigenvalue weighted by molar-refractivity contribution is 5.91. The average Bonchev–Trinajstić information content (AvgIpc) is 2.98. The zero-order valence-electron chi connectivity index (χ0n) is 13.2. The number of aliphatic carboxylic acids is 1. The highest BCUT2D eigenvalue weighted by Crippen LogP contribution is 2.39. The summed E-state index contributed by atoms with van der Waals surface area (Å²) in [4.78, 5) is 11.0. The molecule has 0 aliphatic rings. The Kier molecular flexibility index (Phi) is 5.20. The zero-order valence-corrected chi connectivity index (χ0v) is 13.2. The highest BCUT2D eigenvalue weighted by Gasteiger charge is 2.37. The lowest BCUT2D eigenvalue weighted by Gasteiger charge is -2.13. The molecule has 0 spiro atoms. The van der Waals surface area contributed by atoms with Gasteiger partial charge < -0.3 is 9.52 Å². The molecule has 1 aromatic carbocycles. The topological polar surface area (TPSA) is 50.4 Å². The molecule has 1 aromatic heterocycles. The fraction of sp³-hybridized carbons (Fsp3) is 0.235. The van der Waals surface area contributed by atoms with Crippen LogP contribution >= 0.6 is 0 Å². The number of rotatable bonds is 4. The molecule has 0 bridgehead atoms. The van der Waals surface area contributed by atoms with Gasteiger partial charge in [0, 0.05) is 11.1 Å². The van der Waals surface area contributed by atoms with Crippen LogP contribution in [-0.2, 0) is 17.1 Å². The third-order valence-corrected chi connectivity index (χ3v) is 3.47. The third kappa shape index (κ3) is 4.47. The lowest BCUT2D eigenvalue weighted by atomic mass is 10.0. The Hall–Kier alpha value is -2.71. The minimum atomic E-state index is -4.97. The second kappa shape index (κ2) is 6.89. The van der Waals surface area contributed by atoms with Crippen molar-refractivity contribution in [2.75, 3.05) is 0 Å². The largest absolute Gasteiger partial charge is 0.478 e. The molecule has 0 amide bonds. The van der Waals surface area contributed by atoms with Gasteiger partial charge >= 0.3 is 18.3 Å². The number of carbonyl (C=O) groups is 1. The van der Waals surface area contributed by atoms with E-state index in [0.29, 0.717) is 12.1 Å². The number of alkyl halides is 6. The van der Waals surface area contributed by atoms with Crippen molar-refractivity contribution >= 4 is 12.0 Å². The lowest BCUT2D eigenvalue weighted by Crippen LogP contribution is -2.11. The smallest absolute Gasteiger partial charge is 0.416 e. The maximum absolute atomic E-state index is 12.9. The molecule has 0 fully saturated rings. The van der Waals surface area contributed by atoms with Gasteiger partial charge in [0.15, 0.2) is 0 Å². The number of carboxylic acid groups (broad SMARTS) is 1. The van der Waals surface area contributed by atoms with Gasteiger partial charge in [-0.25, -0.2) is 4.79 Å². The van der Waals surface area contributed by atoms with Crippen LogP contribution in [0.4, 0.5) is 26.3 Å². The van der Waals surface area contributed by atoms with Crippen LogP contribution in [0, 0.1) is 0 Å². The fourth-order valence-corrected chi connectivity index (χ4v) is 2.17. The van der Waals surface area contributed by atoms with Gasteiger partial charge in [-0.05, 0) is 42.8 Å². The van der Waals surface area contributed by atoms with Gasteiger partial charge in [-0.1, -0.05) is 6.92 Å². The zero-order chi connectivity index (χ0) is 19.7. The van der Waals surface area contributed by atoms with E-state index in [0.717, 1.165) is 6.08 Å². The normalized spacial score (nSPS) is 13.1. The maximum atomic E-state index is 12.9. The summed E-state index contributed by atoms with van der Waals surface area (Å²) >= 11 is 0. The first-order valence-electron chi connectivity index (χ1n) is 7.25. The Morgan fingerprint density at radius 3 is 2.00 bits per heavy atom. The molecule has 0 aliphatic carbocycles. The van der Waals surface area contributed by atoms with E-state index in [4.69, 9.17) is 9.52 Å². The summed E-state index contributed by atoms with van der Waals surface area (Å²) in [7, 11) is 0. The van der Waals surface area contributed by atoms with Crippen molar-refractivity contribution < 1.29 is 40.7 Å². The number of carboxylic acids is 1. The van der Waals surface area contributed by atoms with Crippen molar-refractivity contribution in [1.29, 1.82) is 0 Å². The first-order chi connectivity index (χ1) is 11.9. The lowest BCUT2D eigenvalue weighted by molar-refractivity contribution is -0.143. The summed E-state index contributed by atoms with van der Waals surface area (Å²) in [5, 5.41) is 8.95. The monoisotopic (exact) mass is 378 g/mol. The van der Waals surface area contributed by atoms with Crippen LogP contribution < -0.4 is 0 Å². The fourth-order valence-electron chi connectivity index (χ4n) is 2.17. The predicted octanol–water partition coefficient (Wildman–Crippen LogP) is 5.86. The van der Waals surface area contributed by atoms with Crippen LogP contribution in [0.3, 0.4) is 0 Å². The first kappa shape index (κ1) is 19.6. The minimum Gasteiger partial charge on any atom is -0.478 e. The second-order valence-electron chi connectivity index (χ2n) is 5.32. The molecular formula is C17H12F6O3. The summed E-state index contributed by atoms with van der Waals surface area (Å²) in [6, 6.07) is 3.55. The number of halogens is 6. The molecule has 0 radical (unpaired) electrons. The van der Waals surface area contributed by atoms with E-state index in [2.05, 4.69) is 0 Å². The summed E-state index contributed by atoms with van der Waals surface area (Å²) in [6.45, 7) is 1.58. The first-order valence-corrected chi connectivity index (χ1v) is 7.25. The summed E-state index contributed by atoms with van der Waals surface area (Å²) in [5.74, 6) is -1.44. The number of hydrogen-bond acceptors (Lipinski definition) is 2. The van der Waals surface area contributed by atoms with Crippen LogP contribution in [0.15, 0.2) is 40.3 Å². The molecule has 0 unspecified atom stereocenters. The van der Waals surface area contributed by atoms with E-state index in [1.54, 1.807) is 6.92 Å². The Morgan fingerprint density at radius 1 is 1.04 bits per heavy atom. The van der Waals surface area contributed by atoms with E-state index < -0.39 is 35.0 Å². The molecule has 1 heterocycles. The SMILES string of the molecule is CCC(=Cc1ccc(-c2cc(C(F)(F)F)cc(C(F)(F)F)c2)o1)C(=O)O. The second-order valence-corrected chi connectivity index (χ2v) is 5.32. The number of furan rings is 1. The molecule has 9 heteroatoms. The van der Waals surface area contributed by atoms with Gasteiger partial charge in [-0.2, -0.15) is 26.3 Å². The minimum absolute atomic E-state index is 0.00483. The summed E-state index contributed by atoms with van der Waals surface area (Å²) < 4.78 is 82.6. The van der Waals surface area contributed by atoms with Crippen molar-refractivity contribution in [3.63, 3.8) is 0 Å². The molecule has 2 rings (SSSR count). The molecule has 2 aromatic rings. The van der Waals surface area contributed by atoms with Gasteiger partial charge in [0.25, 0.3) is 0 Å². The number of hydrogen-bond donors (Lipinski definition) is 1. The molecule has 0 saturated heterocycles. The molecule has 1 N–H and O–H groups in total. The molecule has 26 heavy (non-hydrogen) atoms. The van der Waals surface area contributed by atoms with E-state index in [1.807, 2.05) is 0 Å². The predicted molar refractivity (Wildman–Crippen MR) is 80.1 cm³/mol. The molecule has 0 aliphatic heterocycles. The highest BCUT2D eigenvalue weighted by atomic mass is 19.4. The molecule has 140 valence electrons. The van der Waals surface area contributed by atoms with E-state index in [1.165, 1.54) is 12.1 Å². The van der Waals surface area contributed by atoms with Gasteiger partial charge in [-0.15, -0.1) is 0 Å². The van der Waals surface area contributed by atoms with Crippen molar-refractivity contribution in [1.82, 2.24) is 0 Å². The van der Waals surface area contributed by atoms with Gasteiger partial charge in [0.1, 0.15) is 11.5 Å². The maximum Gasteiger partial charge on any atom is 0.416 e.